The van der Waals surface area contributed by atoms with E-state index in [1.165, 1.54) is 11.3 Å². The van der Waals surface area contributed by atoms with Crippen LogP contribution >= 0.6 is 11.3 Å². The summed E-state index contributed by atoms with van der Waals surface area (Å²) in [6.07, 6.45) is 0.848. The first-order valence-electron chi connectivity index (χ1n) is 11.2. The quantitative estimate of drug-likeness (QED) is 0.490. The van der Waals surface area contributed by atoms with Crippen LogP contribution in [0.2, 0.25) is 0 Å². The van der Waals surface area contributed by atoms with Crippen LogP contribution in [0.4, 0.5) is 5.13 Å². The minimum atomic E-state index is -0.0410. The second-order valence-corrected chi connectivity index (χ2v) is 9.26. The summed E-state index contributed by atoms with van der Waals surface area (Å²) in [5.41, 5.74) is 3.53. The summed E-state index contributed by atoms with van der Waals surface area (Å²) in [6.45, 7) is 8.91. The fraction of sp³-hybridized carbons (Fsp3) is 0.440. The van der Waals surface area contributed by atoms with Crippen LogP contribution in [0.5, 0.6) is 11.5 Å². The molecule has 176 valence electrons. The number of nitrogens with zero attached hydrogens (tertiary/aromatic N) is 3. The lowest BCUT2D eigenvalue weighted by Crippen LogP contribution is -2.39. The molecule has 1 amide bonds. The highest BCUT2D eigenvalue weighted by molar-refractivity contribution is 7.22. The average Bonchev–Trinajstić information content (AvgIpc) is 3.26. The van der Waals surface area contributed by atoms with Crippen molar-refractivity contribution in [2.75, 3.05) is 58.5 Å². The van der Waals surface area contributed by atoms with Gasteiger partial charge in [0.25, 0.3) is 5.91 Å². The molecule has 33 heavy (non-hydrogen) atoms. The van der Waals surface area contributed by atoms with Gasteiger partial charge in [-0.3, -0.25) is 14.6 Å². The first-order chi connectivity index (χ1) is 16.0. The van der Waals surface area contributed by atoms with Crippen LogP contribution in [0.15, 0.2) is 30.3 Å². The number of ether oxygens (including phenoxy) is 3. The number of carbonyl (C=O) groups is 1. The van der Waals surface area contributed by atoms with Gasteiger partial charge in [-0.25, -0.2) is 4.98 Å². The highest BCUT2D eigenvalue weighted by Gasteiger charge is 2.24. The normalized spacial score (nSPS) is 14.4. The fourth-order valence-electron chi connectivity index (χ4n) is 4.21. The Morgan fingerprint density at radius 2 is 1.76 bits per heavy atom. The Kier molecular flexibility index (Phi) is 7.47. The molecule has 8 heteroatoms. The van der Waals surface area contributed by atoms with E-state index in [2.05, 4.69) is 11.0 Å². The molecular formula is C25H31N3O4S. The lowest BCUT2D eigenvalue weighted by atomic mass is 10.1. The zero-order valence-corrected chi connectivity index (χ0v) is 20.5. The van der Waals surface area contributed by atoms with Crippen molar-refractivity contribution in [1.29, 1.82) is 0 Å². The standard InChI is InChI=1S/C25H31N3O4S/c1-17-14-18(2)16-19(15-17)24(29)28(9-5-8-27-10-12-32-13-11-27)25-26-22-20(30-3)6-7-21(31-4)23(22)33-25/h6-7,14-16H,5,8-13H2,1-4H3. The maximum atomic E-state index is 13.7. The zero-order chi connectivity index (χ0) is 23.4. The number of aryl methyl sites for hydroxylation is 2. The number of aromatic nitrogens is 1. The van der Waals surface area contributed by atoms with E-state index in [1.807, 2.05) is 38.1 Å². The summed E-state index contributed by atoms with van der Waals surface area (Å²) in [6, 6.07) is 9.68. The van der Waals surface area contributed by atoms with Gasteiger partial charge in [0.1, 0.15) is 21.7 Å². The van der Waals surface area contributed by atoms with Crippen LogP contribution < -0.4 is 14.4 Å². The van der Waals surface area contributed by atoms with Gasteiger partial charge in [0.2, 0.25) is 0 Å². The molecule has 0 unspecified atom stereocenters. The van der Waals surface area contributed by atoms with Crippen molar-refractivity contribution in [2.45, 2.75) is 20.3 Å². The summed E-state index contributed by atoms with van der Waals surface area (Å²) in [7, 11) is 3.27. The lowest BCUT2D eigenvalue weighted by Gasteiger charge is -2.27. The van der Waals surface area contributed by atoms with Gasteiger partial charge in [-0.2, -0.15) is 0 Å². The number of morpholine rings is 1. The Bertz CT molecular complexity index is 1060. The molecule has 1 aliphatic rings. The highest BCUT2D eigenvalue weighted by atomic mass is 32.1. The molecule has 0 atom stereocenters. The Hall–Kier alpha value is -2.68. The second-order valence-electron chi connectivity index (χ2n) is 8.28. The number of hydrogen-bond acceptors (Lipinski definition) is 7. The van der Waals surface area contributed by atoms with Crippen molar-refractivity contribution in [3.63, 3.8) is 0 Å². The molecule has 1 saturated heterocycles. The van der Waals surface area contributed by atoms with Crippen LogP contribution in [-0.2, 0) is 4.74 Å². The zero-order valence-electron chi connectivity index (χ0n) is 19.7. The van der Waals surface area contributed by atoms with Crippen molar-refractivity contribution >= 4 is 32.6 Å². The Labute approximate surface area is 198 Å². The van der Waals surface area contributed by atoms with E-state index in [4.69, 9.17) is 19.2 Å². The van der Waals surface area contributed by atoms with E-state index in [-0.39, 0.29) is 5.91 Å². The van der Waals surface area contributed by atoms with Gasteiger partial charge in [0, 0.05) is 31.7 Å². The van der Waals surface area contributed by atoms with E-state index in [9.17, 15) is 4.79 Å². The molecule has 1 aromatic heterocycles. The van der Waals surface area contributed by atoms with Gasteiger partial charge in [-0.1, -0.05) is 28.5 Å². The summed E-state index contributed by atoms with van der Waals surface area (Å²) in [5, 5.41) is 0.652. The summed E-state index contributed by atoms with van der Waals surface area (Å²) < 4.78 is 17.4. The molecule has 3 aromatic rings. The minimum Gasteiger partial charge on any atom is -0.495 e. The van der Waals surface area contributed by atoms with Crippen molar-refractivity contribution in [3.8, 4) is 11.5 Å². The largest absolute Gasteiger partial charge is 0.495 e. The van der Waals surface area contributed by atoms with Crippen LogP contribution in [0.1, 0.15) is 27.9 Å². The van der Waals surface area contributed by atoms with Gasteiger partial charge in [-0.15, -0.1) is 0 Å². The third-order valence-electron chi connectivity index (χ3n) is 5.80. The summed E-state index contributed by atoms with van der Waals surface area (Å²) in [5.74, 6) is 1.35. The van der Waals surface area contributed by atoms with Crippen molar-refractivity contribution < 1.29 is 19.0 Å². The molecule has 0 saturated carbocycles. The molecular weight excluding hydrogens is 438 g/mol. The Morgan fingerprint density at radius 1 is 1.09 bits per heavy atom. The summed E-state index contributed by atoms with van der Waals surface area (Å²) >= 11 is 1.46. The maximum Gasteiger partial charge on any atom is 0.260 e. The number of rotatable bonds is 8. The SMILES string of the molecule is COc1ccc(OC)c2sc(N(CCCN3CCOCC3)C(=O)c3cc(C)cc(C)c3)nc12. The van der Waals surface area contributed by atoms with E-state index in [1.54, 1.807) is 19.1 Å². The Balaban J connectivity index is 1.67. The van der Waals surface area contributed by atoms with Gasteiger partial charge in [0.15, 0.2) is 5.13 Å². The molecule has 2 heterocycles. The molecule has 0 bridgehead atoms. The van der Waals surface area contributed by atoms with E-state index < -0.39 is 0 Å². The predicted octanol–water partition coefficient (Wildman–Crippen LogP) is 4.30. The number of hydrogen-bond donors (Lipinski definition) is 0. The number of anilines is 1. The third kappa shape index (κ3) is 5.29. The number of benzene rings is 2. The van der Waals surface area contributed by atoms with Gasteiger partial charge >= 0.3 is 0 Å². The lowest BCUT2D eigenvalue weighted by molar-refractivity contribution is 0.0376. The summed E-state index contributed by atoms with van der Waals surface area (Å²) in [4.78, 5) is 22.7. The van der Waals surface area contributed by atoms with E-state index >= 15 is 0 Å². The smallest absolute Gasteiger partial charge is 0.260 e. The van der Waals surface area contributed by atoms with Crippen LogP contribution in [0.3, 0.4) is 0 Å². The van der Waals surface area contributed by atoms with Gasteiger partial charge < -0.3 is 14.2 Å². The topological polar surface area (TPSA) is 64.1 Å². The first kappa shape index (κ1) is 23.5. The molecule has 0 radical (unpaired) electrons. The van der Waals surface area contributed by atoms with Crippen molar-refractivity contribution in [3.05, 3.63) is 47.0 Å². The number of thiazole rings is 1. The highest BCUT2D eigenvalue weighted by Crippen LogP contribution is 2.40. The van der Waals surface area contributed by atoms with Crippen molar-refractivity contribution in [2.24, 2.45) is 0 Å². The molecule has 4 rings (SSSR count). The average molecular weight is 470 g/mol. The molecule has 2 aromatic carbocycles. The molecule has 0 spiro atoms. The minimum absolute atomic E-state index is 0.0410. The second kappa shape index (κ2) is 10.5. The van der Waals surface area contributed by atoms with Gasteiger partial charge in [-0.05, 0) is 44.5 Å². The number of fused-ring (bicyclic) bond motifs is 1. The molecule has 0 N–H and O–H groups in total. The van der Waals surface area contributed by atoms with E-state index in [0.717, 1.165) is 60.8 Å². The van der Waals surface area contributed by atoms with Crippen LogP contribution in [0, 0.1) is 13.8 Å². The third-order valence-corrected chi connectivity index (χ3v) is 6.90. The van der Waals surface area contributed by atoms with Crippen LogP contribution in [0.25, 0.3) is 10.2 Å². The fourth-order valence-corrected chi connectivity index (χ4v) is 5.30. The monoisotopic (exact) mass is 469 g/mol. The van der Waals surface area contributed by atoms with E-state index in [0.29, 0.717) is 28.5 Å². The van der Waals surface area contributed by atoms with Gasteiger partial charge in [0.05, 0.1) is 27.4 Å². The molecule has 1 aliphatic heterocycles. The maximum absolute atomic E-state index is 13.7. The first-order valence-corrected chi connectivity index (χ1v) is 12.0. The molecule has 1 fully saturated rings. The number of amides is 1. The van der Waals surface area contributed by atoms with Crippen molar-refractivity contribution in [1.82, 2.24) is 9.88 Å². The molecule has 7 nitrogen and oxygen atoms in total. The Morgan fingerprint density at radius 3 is 2.42 bits per heavy atom. The predicted molar refractivity (Wildman–Crippen MR) is 132 cm³/mol. The molecule has 0 aliphatic carbocycles. The number of methoxy groups -OCH3 is 2. The number of carbonyl (C=O) groups excluding carboxylic acids is 1. The van der Waals surface area contributed by atoms with Crippen LogP contribution in [-0.4, -0.2) is 69.4 Å².